The molecule has 0 saturated heterocycles. The fourth-order valence-electron chi connectivity index (χ4n) is 1.72. The molecule has 2 nitrogen and oxygen atoms in total. The number of hydrogen-bond acceptors (Lipinski definition) is 2. The van der Waals surface area contributed by atoms with Crippen LogP contribution < -0.4 is 5.32 Å². The second kappa shape index (κ2) is 5.86. The lowest BCUT2D eigenvalue weighted by Gasteiger charge is -2.23. The van der Waals surface area contributed by atoms with Crippen LogP contribution in [0.3, 0.4) is 0 Å². The predicted molar refractivity (Wildman–Crippen MR) is 64.8 cm³/mol. The molecule has 0 bridgehead atoms. The number of hydrogen-bond donors (Lipinski definition) is 1. The Morgan fingerprint density at radius 2 is 1.93 bits per heavy atom. The van der Waals surface area contributed by atoms with Crippen LogP contribution in [0, 0.1) is 5.92 Å². The first-order valence-electron chi connectivity index (χ1n) is 5.75. The van der Waals surface area contributed by atoms with Crippen molar-refractivity contribution in [2.24, 2.45) is 5.92 Å². The molecule has 0 saturated carbocycles. The molecule has 84 valence electrons. The lowest BCUT2D eigenvalue weighted by Crippen LogP contribution is -2.37. The molecule has 0 radical (unpaired) electrons. The lowest BCUT2D eigenvalue weighted by molar-refractivity contribution is 0.370. The summed E-state index contributed by atoms with van der Waals surface area (Å²) in [5.41, 5.74) is 1.18. The summed E-state index contributed by atoms with van der Waals surface area (Å²) in [5, 5.41) is 3.53. The summed E-state index contributed by atoms with van der Waals surface area (Å²) >= 11 is 0. The van der Waals surface area contributed by atoms with Gasteiger partial charge in [0.1, 0.15) is 0 Å². The van der Waals surface area contributed by atoms with E-state index in [9.17, 15) is 0 Å². The molecule has 2 atom stereocenters. The van der Waals surface area contributed by atoms with Gasteiger partial charge in [-0.05, 0) is 31.4 Å². The Balaban J connectivity index is 2.45. The fourth-order valence-corrected chi connectivity index (χ4v) is 1.72. The van der Waals surface area contributed by atoms with E-state index >= 15 is 0 Å². The Bertz CT molecular complexity index is 269. The van der Waals surface area contributed by atoms with Crippen molar-refractivity contribution in [3.8, 4) is 0 Å². The van der Waals surface area contributed by atoms with Gasteiger partial charge in [-0.1, -0.05) is 26.8 Å². The van der Waals surface area contributed by atoms with Crippen molar-refractivity contribution >= 4 is 0 Å². The van der Waals surface area contributed by atoms with Crippen molar-refractivity contribution < 1.29 is 0 Å². The Hall–Kier alpha value is -0.890. The molecule has 2 heteroatoms. The predicted octanol–water partition coefficient (Wildman–Crippen LogP) is 2.65. The molecule has 1 aromatic heterocycles. The van der Waals surface area contributed by atoms with Gasteiger partial charge < -0.3 is 5.32 Å². The van der Waals surface area contributed by atoms with Crippen LogP contribution in [0.5, 0.6) is 0 Å². The minimum atomic E-state index is 0.534. The van der Waals surface area contributed by atoms with Crippen molar-refractivity contribution in [1.82, 2.24) is 10.3 Å². The highest BCUT2D eigenvalue weighted by Crippen LogP contribution is 2.10. The van der Waals surface area contributed by atoms with E-state index < -0.39 is 0 Å². The van der Waals surface area contributed by atoms with Gasteiger partial charge in [-0.25, -0.2) is 0 Å². The molecule has 15 heavy (non-hydrogen) atoms. The Kier molecular flexibility index (Phi) is 4.76. The number of nitrogens with zero attached hydrogens (tertiary/aromatic N) is 1. The van der Waals surface area contributed by atoms with Gasteiger partial charge in [0.15, 0.2) is 0 Å². The van der Waals surface area contributed by atoms with E-state index in [0.717, 1.165) is 6.42 Å². The SMILES string of the molecule is CC(C)NC(C)C(C)Cc1ccccn1. The number of pyridine rings is 1. The van der Waals surface area contributed by atoms with Crippen LogP contribution in [0.2, 0.25) is 0 Å². The van der Waals surface area contributed by atoms with Gasteiger partial charge in [-0.3, -0.25) is 4.98 Å². The lowest BCUT2D eigenvalue weighted by atomic mass is 9.97. The third-order valence-corrected chi connectivity index (χ3v) is 2.71. The molecular formula is C13H22N2. The summed E-state index contributed by atoms with van der Waals surface area (Å²) in [4.78, 5) is 4.35. The van der Waals surface area contributed by atoms with Crippen molar-refractivity contribution in [3.05, 3.63) is 30.1 Å². The van der Waals surface area contributed by atoms with Crippen LogP contribution in [-0.2, 0) is 6.42 Å². The smallest absolute Gasteiger partial charge is 0.0406 e. The summed E-state index contributed by atoms with van der Waals surface area (Å²) in [7, 11) is 0. The van der Waals surface area contributed by atoms with Crippen LogP contribution in [-0.4, -0.2) is 17.1 Å². The maximum absolute atomic E-state index is 4.35. The van der Waals surface area contributed by atoms with Crippen molar-refractivity contribution in [2.75, 3.05) is 0 Å². The maximum atomic E-state index is 4.35. The van der Waals surface area contributed by atoms with Gasteiger partial charge in [-0.2, -0.15) is 0 Å². The normalized spacial score (nSPS) is 15.3. The largest absolute Gasteiger partial charge is 0.312 e. The first kappa shape index (κ1) is 12.2. The Labute approximate surface area is 93.1 Å². The summed E-state index contributed by atoms with van der Waals surface area (Å²) in [5.74, 6) is 0.613. The zero-order valence-electron chi connectivity index (χ0n) is 10.2. The molecule has 0 aliphatic carbocycles. The minimum Gasteiger partial charge on any atom is -0.312 e. The quantitative estimate of drug-likeness (QED) is 0.801. The van der Waals surface area contributed by atoms with Gasteiger partial charge in [0, 0.05) is 24.0 Å². The summed E-state index contributed by atoms with van der Waals surface area (Å²) in [6.07, 6.45) is 2.91. The highest BCUT2D eigenvalue weighted by atomic mass is 14.9. The Morgan fingerprint density at radius 1 is 1.20 bits per heavy atom. The third-order valence-electron chi connectivity index (χ3n) is 2.71. The number of nitrogens with one attached hydrogen (secondary N) is 1. The van der Waals surface area contributed by atoms with Gasteiger partial charge in [0.2, 0.25) is 0 Å². The molecular weight excluding hydrogens is 184 g/mol. The van der Waals surface area contributed by atoms with Crippen LogP contribution in [0.15, 0.2) is 24.4 Å². The molecule has 1 aromatic rings. The standard InChI is InChI=1S/C13H22N2/c1-10(2)15-12(4)11(3)9-13-7-5-6-8-14-13/h5-8,10-12,15H,9H2,1-4H3. The minimum absolute atomic E-state index is 0.534. The molecule has 0 fully saturated rings. The van der Waals surface area contributed by atoms with Crippen LogP contribution >= 0.6 is 0 Å². The highest BCUT2D eigenvalue weighted by molar-refractivity contribution is 5.04. The first-order valence-corrected chi connectivity index (χ1v) is 5.75. The van der Waals surface area contributed by atoms with Gasteiger partial charge in [-0.15, -0.1) is 0 Å². The van der Waals surface area contributed by atoms with E-state index in [1.54, 1.807) is 0 Å². The van der Waals surface area contributed by atoms with E-state index in [2.05, 4.69) is 50.1 Å². The van der Waals surface area contributed by atoms with Crippen molar-refractivity contribution in [2.45, 2.75) is 46.2 Å². The van der Waals surface area contributed by atoms with Gasteiger partial charge >= 0.3 is 0 Å². The average molecular weight is 206 g/mol. The second-order valence-corrected chi connectivity index (χ2v) is 4.61. The molecule has 0 spiro atoms. The third kappa shape index (κ3) is 4.43. The van der Waals surface area contributed by atoms with E-state index in [1.807, 2.05) is 12.3 Å². The number of rotatable bonds is 5. The van der Waals surface area contributed by atoms with E-state index in [4.69, 9.17) is 0 Å². The van der Waals surface area contributed by atoms with Gasteiger partial charge in [0.05, 0.1) is 0 Å². The zero-order chi connectivity index (χ0) is 11.3. The molecule has 1 N–H and O–H groups in total. The second-order valence-electron chi connectivity index (χ2n) is 4.61. The van der Waals surface area contributed by atoms with E-state index in [-0.39, 0.29) is 0 Å². The monoisotopic (exact) mass is 206 g/mol. The summed E-state index contributed by atoms with van der Waals surface area (Å²) < 4.78 is 0. The molecule has 1 rings (SSSR count). The topological polar surface area (TPSA) is 24.9 Å². The first-order chi connectivity index (χ1) is 7.09. The molecule has 1 heterocycles. The van der Waals surface area contributed by atoms with E-state index in [0.29, 0.717) is 18.0 Å². The molecule has 0 aromatic carbocycles. The van der Waals surface area contributed by atoms with Crippen LogP contribution in [0.25, 0.3) is 0 Å². The Morgan fingerprint density at radius 3 is 2.47 bits per heavy atom. The molecule has 0 aliphatic rings. The average Bonchev–Trinajstić information content (AvgIpc) is 2.18. The van der Waals surface area contributed by atoms with Crippen molar-refractivity contribution in [3.63, 3.8) is 0 Å². The van der Waals surface area contributed by atoms with Crippen molar-refractivity contribution in [1.29, 1.82) is 0 Å². The maximum Gasteiger partial charge on any atom is 0.0406 e. The molecule has 0 amide bonds. The number of aromatic nitrogens is 1. The van der Waals surface area contributed by atoms with Crippen LogP contribution in [0.4, 0.5) is 0 Å². The van der Waals surface area contributed by atoms with Gasteiger partial charge in [0.25, 0.3) is 0 Å². The fraction of sp³-hybridized carbons (Fsp3) is 0.615. The molecule has 0 aliphatic heterocycles. The molecule has 2 unspecified atom stereocenters. The van der Waals surface area contributed by atoms with E-state index in [1.165, 1.54) is 5.69 Å². The highest BCUT2D eigenvalue weighted by Gasteiger charge is 2.13. The zero-order valence-corrected chi connectivity index (χ0v) is 10.2. The summed E-state index contributed by atoms with van der Waals surface area (Å²) in [6, 6.07) is 7.19. The summed E-state index contributed by atoms with van der Waals surface area (Å²) in [6.45, 7) is 8.89. The van der Waals surface area contributed by atoms with Crippen LogP contribution in [0.1, 0.15) is 33.4 Å².